The van der Waals surface area contributed by atoms with Gasteiger partial charge in [0, 0.05) is 5.56 Å². The first kappa shape index (κ1) is 14.8. The molecule has 0 bridgehead atoms. The van der Waals surface area contributed by atoms with E-state index in [1.54, 1.807) is 0 Å². The summed E-state index contributed by atoms with van der Waals surface area (Å²) in [4.78, 5) is 3.81. The number of rotatable bonds is 4. The highest BCUT2D eigenvalue weighted by molar-refractivity contribution is 5.90. The number of ether oxygens (including phenoxy) is 1. The van der Waals surface area contributed by atoms with Crippen molar-refractivity contribution in [3.63, 3.8) is 0 Å². The molecule has 1 aliphatic rings. The Kier molecular flexibility index (Phi) is 3.99. The van der Waals surface area contributed by atoms with Crippen LogP contribution in [0.3, 0.4) is 0 Å². The van der Waals surface area contributed by atoms with Crippen LogP contribution in [-0.4, -0.2) is 38.1 Å². The van der Waals surface area contributed by atoms with E-state index in [4.69, 9.17) is 10.5 Å². The molecule has 0 saturated heterocycles. The zero-order valence-electron chi connectivity index (χ0n) is 10.5. The van der Waals surface area contributed by atoms with E-state index in [0.717, 1.165) is 6.07 Å². The highest BCUT2D eigenvalue weighted by Crippen LogP contribution is 2.35. The summed E-state index contributed by atoms with van der Waals surface area (Å²) in [5, 5.41) is 0. The molecule has 109 valence electrons. The van der Waals surface area contributed by atoms with E-state index in [2.05, 4.69) is 11.1 Å². The molecule has 1 heterocycles. The van der Waals surface area contributed by atoms with Gasteiger partial charge in [-0.25, -0.2) is 17.6 Å². The maximum Gasteiger partial charge on any atom is 0.181 e. The molecule has 20 heavy (non-hydrogen) atoms. The molecule has 0 spiro atoms. The van der Waals surface area contributed by atoms with E-state index in [1.807, 2.05) is 0 Å². The Morgan fingerprint density at radius 2 is 2.00 bits per heavy atom. The molecule has 2 N–H and O–H groups in total. The Morgan fingerprint density at radius 1 is 1.30 bits per heavy atom. The monoisotopic (exact) mass is 289 g/mol. The summed E-state index contributed by atoms with van der Waals surface area (Å²) in [6.45, 7) is -4.08. The summed E-state index contributed by atoms with van der Waals surface area (Å²) in [5.41, 5.74) is 1.66. The Balaban J connectivity index is 2.50. The smallest absolute Gasteiger partial charge is 0.181 e. The molecule has 1 radical (unpaired) electrons. The highest BCUT2D eigenvalue weighted by Gasteiger charge is 2.48. The molecule has 3 nitrogen and oxygen atoms in total. The molecule has 1 aliphatic heterocycles. The van der Waals surface area contributed by atoms with Crippen molar-refractivity contribution in [1.82, 2.24) is 0 Å². The molecule has 7 heteroatoms. The first-order valence-corrected chi connectivity index (χ1v) is 5.87. The van der Waals surface area contributed by atoms with Crippen molar-refractivity contribution in [2.24, 2.45) is 10.7 Å². The van der Waals surface area contributed by atoms with Gasteiger partial charge in [0.1, 0.15) is 37.2 Å². The van der Waals surface area contributed by atoms with Crippen LogP contribution < -0.4 is 5.73 Å². The number of alkyl halides is 3. The number of halogens is 4. The van der Waals surface area contributed by atoms with Crippen LogP contribution in [0.15, 0.2) is 23.2 Å². The first-order valence-electron chi connectivity index (χ1n) is 5.87. The molecule has 0 amide bonds. The summed E-state index contributed by atoms with van der Waals surface area (Å²) in [5.74, 6) is -1.23. The number of amidine groups is 1. The van der Waals surface area contributed by atoms with Crippen LogP contribution in [0.2, 0.25) is 0 Å². The lowest BCUT2D eigenvalue weighted by Gasteiger charge is -2.39. The summed E-state index contributed by atoms with van der Waals surface area (Å²) < 4.78 is 58.1. The van der Waals surface area contributed by atoms with Crippen molar-refractivity contribution in [3.8, 4) is 0 Å². The molecule has 0 aliphatic carbocycles. The van der Waals surface area contributed by atoms with Crippen LogP contribution in [0.5, 0.6) is 0 Å². The third kappa shape index (κ3) is 2.15. The van der Waals surface area contributed by atoms with E-state index in [-0.39, 0.29) is 5.56 Å². The van der Waals surface area contributed by atoms with Crippen LogP contribution in [0.25, 0.3) is 0 Å². The van der Waals surface area contributed by atoms with Gasteiger partial charge in [-0.3, -0.25) is 4.99 Å². The normalized spacial score (nSPS) is 25.3. The SMILES string of the molecule is NC1=NC(CF)(c2c[c]ccc2F)COC1(CF)CF. The van der Waals surface area contributed by atoms with Gasteiger partial charge in [0.25, 0.3) is 0 Å². The van der Waals surface area contributed by atoms with E-state index in [1.165, 1.54) is 12.1 Å². The number of aliphatic imine (C=N–C) groups is 1. The van der Waals surface area contributed by atoms with E-state index < -0.39 is 49.4 Å². The van der Waals surface area contributed by atoms with Gasteiger partial charge in [-0.1, -0.05) is 6.07 Å². The van der Waals surface area contributed by atoms with E-state index in [0.29, 0.717) is 0 Å². The number of benzene rings is 1. The van der Waals surface area contributed by atoms with Crippen molar-refractivity contribution in [1.29, 1.82) is 0 Å². The van der Waals surface area contributed by atoms with Crippen LogP contribution in [0.1, 0.15) is 5.56 Å². The summed E-state index contributed by atoms with van der Waals surface area (Å²) in [7, 11) is 0. The standard InChI is InChI=1S/C13H13F4N2O/c14-5-12(9-3-1-2-4-10(9)17)8-20-13(6-15,7-16)11(18)19-12/h2-4H,5-8H2,(H2,18,19). The fourth-order valence-corrected chi connectivity index (χ4v) is 1.99. The number of hydrogen-bond acceptors (Lipinski definition) is 3. The minimum atomic E-state index is -2.01. The molecular formula is C13H13F4N2O. The molecule has 0 aromatic heterocycles. The zero-order valence-corrected chi connectivity index (χ0v) is 10.5. The maximum absolute atomic E-state index is 13.8. The van der Waals surface area contributed by atoms with E-state index in [9.17, 15) is 17.6 Å². The topological polar surface area (TPSA) is 47.6 Å². The number of nitrogens with zero attached hydrogens (tertiary/aromatic N) is 1. The largest absolute Gasteiger partial charge is 0.385 e. The summed E-state index contributed by atoms with van der Waals surface area (Å²) in [6.07, 6.45) is 0. The molecule has 2 rings (SSSR count). The van der Waals surface area contributed by atoms with Crippen molar-refractivity contribution in [2.75, 3.05) is 26.6 Å². The van der Waals surface area contributed by atoms with Gasteiger partial charge >= 0.3 is 0 Å². The lowest BCUT2D eigenvalue weighted by molar-refractivity contribution is -0.0644. The van der Waals surface area contributed by atoms with Gasteiger partial charge in [-0.05, 0) is 18.2 Å². The number of hydrogen-bond donors (Lipinski definition) is 1. The molecule has 1 atom stereocenters. The Morgan fingerprint density at radius 3 is 2.50 bits per heavy atom. The Bertz CT molecular complexity index is 519. The number of nitrogens with two attached hydrogens (primary N) is 1. The second-order valence-corrected chi connectivity index (χ2v) is 4.62. The lowest BCUT2D eigenvalue weighted by Crippen LogP contribution is -2.58. The van der Waals surface area contributed by atoms with Gasteiger partial charge in [-0.2, -0.15) is 0 Å². The van der Waals surface area contributed by atoms with Gasteiger partial charge in [-0.15, -0.1) is 0 Å². The molecule has 0 fully saturated rings. The van der Waals surface area contributed by atoms with Crippen molar-refractivity contribution < 1.29 is 22.3 Å². The van der Waals surface area contributed by atoms with Crippen LogP contribution in [0, 0.1) is 11.9 Å². The summed E-state index contributed by atoms with van der Waals surface area (Å²) in [6, 6.07) is 6.22. The Hall–Kier alpha value is -1.63. The molecule has 0 saturated carbocycles. The summed E-state index contributed by atoms with van der Waals surface area (Å²) >= 11 is 0. The Labute approximate surface area is 113 Å². The minimum Gasteiger partial charge on any atom is -0.385 e. The third-order valence-electron chi connectivity index (χ3n) is 3.35. The lowest BCUT2D eigenvalue weighted by atomic mass is 9.89. The molecule has 1 unspecified atom stereocenters. The second kappa shape index (κ2) is 5.40. The van der Waals surface area contributed by atoms with Gasteiger partial charge in [0.2, 0.25) is 0 Å². The predicted molar refractivity (Wildman–Crippen MR) is 65.1 cm³/mol. The van der Waals surface area contributed by atoms with Crippen molar-refractivity contribution in [2.45, 2.75) is 11.1 Å². The van der Waals surface area contributed by atoms with Crippen molar-refractivity contribution in [3.05, 3.63) is 35.6 Å². The van der Waals surface area contributed by atoms with Gasteiger partial charge in [0.15, 0.2) is 5.60 Å². The third-order valence-corrected chi connectivity index (χ3v) is 3.35. The average molecular weight is 289 g/mol. The van der Waals surface area contributed by atoms with Crippen LogP contribution in [0.4, 0.5) is 17.6 Å². The zero-order chi connectivity index (χ0) is 14.8. The fourth-order valence-electron chi connectivity index (χ4n) is 1.99. The highest BCUT2D eigenvalue weighted by atomic mass is 19.1. The minimum absolute atomic E-state index is 0.114. The van der Waals surface area contributed by atoms with Gasteiger partial charge < -0.3 is 10.5 Å². The predicted octanol–water partition coefficient (Wildman–Crippen LogP) is 1.86. The van der Waals surface area contributed by atoms with Crippen molar-refractivity contribution >= 4 is 5.84 Å². The second-order valence-electron chi connectivity index (χ2n) is 4.62. The van der Waals surface area contributed by atoms with Crippen LogP contribution >= 0.6 is 0 Å². The molecule has 1 aromatic rings. The molecule has 1 aromatic carbocycles. The fraction of sp³-hybridized carbons (Fsp3) is 0.462. The maximum atomic E-state index is 13.8. The van der Waals surface area contributed by atoms with Gasteiger partial charge in [0.05, 0.1) is 6.61 Å². The average Bonchev–Trinajstić information content (AvgIpc) is 2.48. The van der Waals surface area contributed by atoms with Crippen LogP contribution in [-0.2, 0) is 10.3 Å². The molecular weight excluding hydrogens is 276 g/mol. The first-order chi connectivity index (χ1) is 9.53. The quantitative estimate of drug-likeness (QED) is 0.860. The van der Waals surface area contributed by atoms with E-state index >= 15 is 0 Å².